The molecule has 0 aliphatic heterocycles. The van der Waals surface area contributed by atoms with Gasteiger partial charge >= 0.3 is 12.0 Å². The van der Waals surface area contributed by atoms with Crippen LogP contribution in [0.15, 0.2) is 18.3 Å². The molecule has 0 saturated carbocycles. The van der Waals surface area contributed by atoms with Crippen molar-refractivity contribution in [2.75, 3.05) is 18.4 Å². The first-order chi connectivity index (χ1) is 8.58. The fourth-order valence-electron chi connectivity index (χ4n) is 1.23. The van der Waals surface area contributed by atoms with Gasteiger partial charge in [0.15, 0.2) is 0 Å². The molecule has 0 spiro atoms. The van der Waals surface area contributed by atoms with Crippen molar-refractivity contribution in [3.8, 4) is 12.3 Å². The van der Waals surface area contributed by atoms with Crippen LogP contribution in [0.1, 0.15) is 17.4 Å². The third-order valence-corrected chi connectivity index (χ3v) is 2.18. The number of nitrogens with one attached hydrogen (secondary N) is 1. The van der Waals surface area contributed by atoms with Crippen LogP contribution in [0.25, 0.3) is 0 Å². The predicted molar refractivity (Wildman–Crippen MR) is 66.3 cm³/mol. The monoisotopic (exact) mass is 247 g/mol. The fourth-order valence-corrected chi connectivity index (χ4v) is 1.23. The lowest BCUT2D eigenvalue weighted by atomic mass is 10.3. The lowest BCUT2D eigenvalue weighted by Crippen LogP contribution is -2.35. The number of terminal acetylenes is 1. The van der Waals surface area contributed by atoms with E-state index in [2.05, 4.69) is 16.2 Å². The molecule has 94 valence electrons. The van der Waals surface area contributed by atoms with Crippen molar-refractivity contribution in [3.05, 3.63) is 24.0 Å². The molecule has 0 aliphatic rings. The van der Waals surface area contributed by atoms with E-state index in [0.29, 0.717) is 12.2 Å². The number of aromatic carboxylic acids is 1. The van der Waals surface area contributed by atoms with Gasteiger partial charge in [-0.1, -0.05) is 5.92 Å². The summed E-state index contributed by atoms with van der Waals surface area (Å²) in [6, 6.07) is 2.44. The number of aromatic nitrogens is 1. The number of nitrogens with zero attached hydrogens (tertiary/aromatic N) is 2. The van der Waals surface area contributed by atoms with Crippen molar-refractivity contribution >= 4 is 17.7 Å². The highest BCUT2D eigenvalue weighted by Crippen LogP contribution is 2.07. The second kappa shape index (κ2) is 6.25. The van der Waals surface area contributed by atoms with Crippen molar-refractivity contribution in [1.29, 1.82) is 0 Å². The molecule has 1 rings (SSSR count). The maximum absolute atomic E-state index is 11.7. The Morgan fingerprint density at radius 1 is 1.56 bits per heavy atom. The molecular weight excluding hydrogens is 234 g/mol. The van der Waals surface area contributed by atoms with Crippen LogP contribution in [-0.2, 0) is 0 Å². The molecule has 0 aliphatic carbocycles. The van der Waals surface area contributed by atoms with E-state index in [4.69, 9.17) is 11.5 Å². The van der Waals surface area contributed by atoms with E-state index in [1.54, 1.807) is 0 Å². The quantitative estimate of drug-likeness (QED) is 0.785. The first-order valence-corrected chi connectivity index (χ1v) is 5.27. The number of anilines is 1. The zero-order valence-electron chi connectivity index (χ0n) is 9.88. The molecule has 1 heterocycles. The zero-order chi connectivity index (χ0) is 13.5. The van der Waals surface area contributed by atoms with Gasteiger partial charge in [0.1, 0.15) is 5.69 Å². The summed E-state index contributed by atoms with van der Waals surface area (Å²) in [6.45, 7) is 2.50. The number of carbonyl (C=O) groups excluding carboxylic acids is 1. The van der Waals surface area contributed by atoms with E-state index in [-0.39, 0.29) is 18.3 Å². The Labute approximate surface area is 105 Å². The van der Waals surface area contributed by atoms with Gasteiger partial charge in [0, 0.05) is 6.54 Å². The fraction of sp³-hybridized carbons (Fsp3) is 0.250. The first kappa shape index (κ1) is 13.5. The van der Waals surface area contributed by atoms with E-state index in [9.17, 15) is 9.59 Å². The summed E-state index contributed by atoms with van der Waals surface area (Å²) in [5.41, 5.74) is 0.337. The highest BCUT2D eigenvalue weighted by atomic mass is 16.4. The molecule has 2 N–H and O–H groups in total. The van der Waals surface area contributed by atoms with Crippen molar-refractivity contribution in [3.63, 3.8) is 0 Å². The summed E-state index contributed by atoms with van der Waals surface area (Å²) in [6.07, 6.45) is 6.42. The minimum atomic E-state index is -1.12. The molecule has 0 unspecified atom stereocenters. The van der Waals surface area contributed by atoms with Crippen LogP contribution in [0, 0.1) is 12.3 Å². The summed E-state index contributed by atoms with van der Waals surface area (Å²) < 4.78 is 0. The Kier molecular flexibility index (Phi) is 4.69. The Morgan fingerprint density at radius 3 is 2.72 bits per heavy atom. The van der Waals surface area contributed by atoms with E-state index >= 15 is 0 Å². The lowest BCUT2D eigenvalue weighted by Gasteiger charge is -2.18. The average Bonchev–Trinajstić information content (AvgIpc) is 2.36. The number of carboxylic acid groups (broad SMARTS) is 1. The molecule has 1 aromatic heterocycles. The van der Waals surface area contributed by atoms with Crippen LogP contribution in [-0.4, -0.2) is 40.1 Å². The van der Waals surface area contributed by atoms with Crippen LogP contribution >= 0.6 is 0 Å². The summed E-state index contributed by atoms with van der Waals surface area (Å²) >= 11 is 0. The molecule has 0 aromatic carbocycles. The largest absolute Gasteiger partial charge is 0.477 e. The van der Waals surface area contributed by atoms with E-state index in [1.807, 2.05) is 6.92 Å². The highest BCUT2D eigenvalue weighted by molar-refractivity contribution is 5.90. The lowest BCUT2D eigenvalue weighted by molar-refractivity contribution is 0.0690. The molecule has 0 fully saturated rings. The summed E-state index contributed by atoms with van der Waals surface area (Å²) in [5, 5.41) is 11.3. The van der Waals surface area contributed by atoms with Gasteiger partial charge in [-0.2, -0.15) is 0 Å². The molecule has 0 atom stereocenters. The van der Waals surface area contributed by atoms with Crippen molar-refractivity contribution in [2.45, 2.75) is 6.92 Å². The molecule has 0 bridgehead atoms. The number of hydrogen-bond donors (Lipinski definition) is 2. The number of pyridine rings is 1. The second-order valence-electron chi connectivity index (χ2n) is 3.39. The number of carbonyl (C=O) groups is 2. The summed E-state index contributed by atoms with van der Waals surface area (Å²) in [7, 11) is 0. The van der Waals surface area contributed by atoms with Crippen LogP contribution in [0.5, 0.6) is 0 Å². The number of hydrogen-bond acceptors (Lipinski definition) is 3. The van der Waals surface area contributed by atoms with Gasteiger partial charge in [-0.15, -0.1) is 6.42 Å². The molecule has 0 radical (unpaired) electrons. The van der Waals surface area contributed by atoms with Crippen molar-refractivity contribution < 1.29 is 14.7 Å². The van der Waals surface area contributed by atoms with Gasteiger partial charge < -0.3 is 15.3 Å². The molecule has 6 nitrogen and oxygen atoms in total. The van der Waals surface area contributed by atoms with Crippen LogP contribution in [0.2, 0.25) is 0 Å². The number of amides is 2. The normalized spacial score (nSPS) is 9.33. The summed E-state index contributed by atoms with van der Waals surface area (Å²) in [4.78, 5) is 27.4. The maximum Gasteiger partial charge on any atom is 0.354 e. The third kappa shape index (κ3) is 3.49. The molecule has 0 saturated heterocycles. The maximum atomic E-state index is 11.7. The third-order valence-electron chi connectivity index (χ3n) is 2.18. The smallest absolute Gasteiger partial charge is 0.354 e. The van der Waals surface area contributed by atoms with E-state index in [1.165, 1.54) is 23.2 Å². The van der Waals surface area contributed by atoms with Crippen molar-refractivity contribution in [2.24, 2.45) is 0 Å². The topological polar surface area (TPSA) is 82.5 Å². The van der Waals surface area contributed by atoms with Gasteiger partial charge in [-0.05, 0) is 19.1 Å². The predicted octanol–water partition coefficient (Wildman–Crippen LogP) is 1.27. The van der Waals surface area contributed by atoms with Gasteiger partial charge in [0.2, 0.25) is 0 Å². The second-order valence-corrected chi connectivity index (χ2v) is 3.39. The Morgan fingerprint density at radius 2 is 2.28 bits per heavy atom. The average molecular weight is 247 g/mol. The highest BCUT2D eigenvalue weighted by Gasteiger charge is 2.11. The number of carboxylic acids is 1. The Bertz CT molecular complexity index is 476. The number of urea groups is 1. The van der Waals surface area contributed by atoms with Gasteiger partial charge in [0.25, 0.3) is 0 Å². The molecule has 1 aromatic rings. The van der Waals surface area contributed by atoms with Crippen LogP contribution in [0.4, 0.5) is 10.5 Å². The standard InChI is InChI=1S/C12H13N3O3/c1-3-7-15(4-2)12(18)14-9-5-6-10(11(16)17)13-8-9/h1,5-6,8H,4,7H2,2H3,(H,14,18)(H,16,17). The van der Waals surface area contributed by atoms with Crippen LogP contribution in [0.3, 0.4) is 0 Å². The minimum Gasteiger partial charge on any atom is -0.477 e. The molecule has 2 amide bonds. The first-order valence-electron chi connectivity index (χ1n) is 5.27. The minimum absolute atomic E-state index is 0.0797. The van der Waals surface area contributed by atoms with Crippen LogP contribution < -0.4 is 5.32 Å². The van der Waals surface area contributed by atoms with Gasteiger partial charge in [0.05, 0.1) is 18.4 Å². The van der Waals surface area contributed by atoms with Crippen molar-refractivity contribution in [1.82, 2.24) is 9.88 Å². The molecular formula is C12H13N3O3. The molecule has 18 heavy (non-hydrogen) atoms. The van der Waals surface area contributed by atoms with E-state index in [0.717, 1.165) is 0 Å². The Hall–Kier alpha value is -2.55. The summed E-state index contributed by atoms with van der Waals surface area (Å²) in [5.74, 6) is 1.27. The van der Waals surface area contributed by atoms with E-state index < -0.39 is 5.97 Å². The van der Waals surface area contributed by atoms with Gasteiger partial charge in [-0.25, -0.2) is 14.6 Å². The number of rotatable bonds is 4. The SMILES string of the molecule is C#CCN(CC)C(=O)Nc1ccc(C(=O)O)nc1. The Balaban J connectivity index is 2.70. The molecule has 6 heteroatoms. The zero-order valence-corrected chi connectivity index (χ0v) is 9.88. The van der Waals surface area contributed by atoms with Gasteiger partial charge in [-0.3, -0.25) is 0 Å².